The molecule has 0 saturated heterocycles. The standard InChI is InChI=1S/C13H14N4O2/c1-19-13(18)7-10(16-17-14)6-9-8-15-12-5-3-2-4-11(9)12/h2-5,8,10,15H,6-7H2,1H3/t10-/m1/s1. The minimum absolute atomic E-state index is 0.0834. The zero-order valence-electron chi connectivity index (χ0n) is 10.5. The van der Waals surface area contributed by atoms with Crippen molar-refractivity contribution >= 4 is 16.9 Å². The second kappa shape index (κ2) is 5.93. The maximum atomic E-state index is 11.3. The highest BCUT2D eigenvalue weighted by Crippen LogP contribution is 2.20. The molecule has 6 heteroatoms. The molecule has 1 aromatic heterocycles. The van der Waals surface area contributed by atoms with Crippen LogP contribution in [0.5, 0.6) is 0 Å². The van der Waals surface area contributed by atoms with Crippen LogP contribution in [-0.2, 0) is 16.0 Å². The normalized spacial score (nSPS) is 11.8. The molecule has 0 bridgehead atoms. The summed E-state index contributed by atoms with van der Waals surface area (Å²) in [6, 6.07) is 7.43. The van der Waals surface area contributed by atoms with Gasteiger partial charge in [-0.25, -0.2) is 0 Å². The van der Waals surface area contributed by atoms with Crippen LogP contribution in [0.4, 0.5) is 0 Å². The Labute approximate surface area is 110 Å². The fraction of sp³-hybridized carbons (Fsp3) is 0.308. The quantitative estimate of drug-likeness (QED) is 0.386. The van der Waals surface area contributed by atoms with Gasteiger partial charge >= 0.3 is 5.97 Å². The number of methoxy groups -OCH3 is 1. The van der Waals surface area contributed by atoms with E-state index in [0.29, 0.717) is 6.42 Å². The van der Waals surface area contributed by atoms with Gasteiger partial charge in [-0.1, -0.05) is 23.3 Å². The van der Waals surface area contributed by atoms with Crippen molar-refractivity contribution in [3.8, 4) is 0 Å². The van der Waals surface area contributed by atoms with E-state index in [1.165, 1.54) is 7.11 Å². The number of ether oxygens (including phenoxy) is 1. The number of azide groups is 1. The summed E-state index contributed by atoms with van der Waals surface area (Å²) in [7, 11) is 1.32. The van der Waals surface area contributed by atoms with Gasteiger partial charge in [-0.3, -0.25) is 4.79 Å². The first-order valence-corrected chi connectivity index (χ1v) is 5.90. The summed E-state index contributed by atoms with van der Waals surface area (Å²) in [5.74, 6) is -0.378. The number of aromatic amines is 1. The van der Waals surface area contributed by atoms with Crippen molar-refractivity contribution in [3.63, 3.8) is 0 Å². The lowest BCUT2D eigenvalue weighted by Crippen LogP contribution is -2.15. The third kappa shape index (κ3) is 3.05. The molecule has 1 aromatic carbocycles. The van der Waals surface area contributed by atoms with Gasteiger partial charge in [0.05, 0.1) is 19.6 Å². The highest BCUT2D eigenvalue weighted by molar-refractivity contribution is 5.83. The molecule has 2 aromatic rings. The van der Waals surface area contributed by atoms with E-state index in [9.17, 15) is 4.79 Å². The van der Waals surface area contributed by atoms with Gasteiger partial charge in [0.2, 0.25) is 0 Å². The number of fused-ring (bicyclic) bond motifs is 1. The molecule has 1 atom stereocenters. The Balaban J connectivity index is 2.21. The highest BCUT2D eigenvalue weighted by Gasteiger charge is 2.15. The summed E-state index contributed by atoms with van der Waals surface area (Å²) in [5, 5.41) is 4.73. The summed E-state index contributed by atoms with van der Waals surface area (Å²) in [6.45, 7) is 0. The number of nitrogens with zero attached hydrogens (tertiary/aromatic N) is 3. The second-order valence-electron chi connectivity index (χ2n) is 4.20. The van der Waals surface area contributed by atoms with Gasteiger partial charge < -0.3 is 9.72 Å². The Morgan fingerprint density at radius 3 is 3.05 bits per heavy atom. The van der Waals surface area contributed by atoms with Crippen LogP contribution in [0.25, 0.3) is 21.3 Å². The van der Waals surface area contributed by atoms with E-state index in [0.717, 1.165) is 16.5 Å². The first kappa shape index (κ1) is 13.0. The van der Waals surface area contributed by atoms with Gasteiger partial charge in [-0.15, -0.1) is 0 Å². The van der Waals surface area contributed by atoms with Crippen LogP contribution in [0.3, 0.4) is 0 Å². The van der Waals surface area contributed by atoms with Crippen LogP contribution in [0, 0.1) is 0 Å². The number of carbonyl (C=O) groups is 1. The number of benzene rings is 1. The van der Waals surface area contributed by atoms with Gasteiger partial charge in [-0.2, -0.15) is 0 Å². The van der Waals surface area contributed by atoms with Crippen molar-refractivity contribution in [1.82, 2.24) is 4.98 Å². The lowest BCUT2D eigenvalue weighted by atomic mass is 10.0. The maximum Gasteiger partial charge on any atom is 0.305 e. The molecule has 0 unspecified atom stereocenters. The number of aromatic nitrogens is 1. The van der Waals surface area contributed by atoms with E-state index < -0.39 is 6.04 Å². The zero-order chi connectivity index (χ0) is 13.7. The monoisotopic (exact) mass is 258 g/mol. The van der Waals surface area contributed by atoms with Gasteiger partial charge in [0.15, 0.2) is 0 Å². The molecule has 98 valence electrons. The molecule has 0 radical (unpaired) electrons. The summed E-state index contributed by atoms with van der Waals surface area (Å²) in [4.78, 5) is 17.2. The predicted molar refractivity (Wildman–Crippen MR) is 71.6 cm³/mol. The Hall–Kier alpha value is -2.46. The number of carbonyl (C=O) groups excluding carboxylic acids is 1. The number of esters is 1. The number of para-hydroxylation sites is 1. The van der Waals surface area contributed by atoms with Crippen LogP contribution in [0.15, 0.2) is 35.6 Å². The molecule has 0 saturated carbocycles. The van der Waals surface area contributed by atoms with Crippen LogP contribution >= 0.6 is 0 Å². The number of rotatable bonds is 5. The Morgan fingerprint density at radius 1 is 1.53 bits per heavy atom. The first-order chi connectivity index (χ1) is 9.24. The highest BCUT2D eigenvalue weighted by atomic mass is 16.5. The zero-order valence-corrected chi connectivity index (χ0v) is 10.5. The number of hydrogen-bond acceptors (Lipinski definition) is 3. The lowest BCUT2D eigenvalue weighted by Gasteiger charge is -2.08. The molecule has 0 aliphatic heterocycles. The first-order valence-electron chi connectivity index (χ1n) is 5.90. The minimum Gasteiger partial charge on any atom is -0.469 e. The Morgan fingerprint density at radius 2 is 2.32 bits per heavy atom. The molecule has 2 rings (SSSR count). The Bertz CT molecular complexity index is 628. The van der Waals surface area contributed by atoms with Crippen molar-refractivity contribution in [3.05, 3.63) is 46.5 Å². The molecule has 0 aliphatic carbocycles. The van der Waals surface area contributed by atoms with Crippen molar-refractivity contribution in [2.75, 3.05) is 7.11 Å². The van der Waals surface area contributed by atoms with E-state index >= 15 is 0 Å². The van der Waals surface area contributed by atoms with Crippen LogP contribution in [-0.4, -0.2) is 24.1 Å². The fourth-order valence-electron chi connectivity index (χ4n) is 2.06. The lowest BCUT2D eigenvalue weighted by molar-refractivity contribution is -0.140. The molecular weight excluding hydrogens is 244 g/mol. The van der Waals surface area contributed by atoms with Gasteiger partial charge in [-0.05, 0) is 23.6 Å². The molecular formula is C13H14N4O2. The van der Waals surface area contributed by atoms with Crippen molar-refractivity contribution in [2.24, 2.45) is 5.11 Å². The molecule has 0 spiro atoms. The summed E-state index contributed by atoms with van der Waals surface area (Å²) in [6.07, 6.45) is 2.46. The molecule has 0 amide bonds. The fourth-order valence-corrected chi connectivity index (χ4v) is 2.06. The molecule has 1 N–H and O–H groups in total. The molecule has 0 aliphatic rings. The third-order valence-corrected chi connectivity index (χ3v) is 2.98. The average Bonchev–Trinajstić information content (AvgIpc) is 2.82. The van der Waals surface area contributed by atoms with Gasteiger partial charge in [0.25, 0.3) is 0 Å². The van der Waals surface area contributed by atoms with Crippen molar-refractivity contribution in [2.45, 2.75) is 18.9 Å². The SMILES string of the molecule is COC(=O)C[C@@H](Cc1c[nH]c2ccccc12)N=[N+]=[N-]. The molecule has 19 heavy (non-hydrogen) atoms. The second-order valence-corrected chi connectivity index (χ2v) is 4.20. The molecule has 6 nitrogen and oxygen atoms in total. The van der Waals surface area contributed by atoms with Crippen LogP contribution in [0.1, 0.15) is 12.0 Å². The van der Waals surface area contributed by atoms with Crippen molar-refractivity contribution < 1.29 is 9.53 Å². The average molecular weight is 258 g/mol. The Kier molecular flexibility index (Phi) is 4.05. The van der Waals surface area contributed by atoms with E-state index in [4.69, 9.17) is 5.53 Å². The van der Waals surface area contributed by atoms with E-state index in [1.54, 1.807) is 0 Å². The summed E-state index contributed by atoms with van der Waals surface area (Å²) >= 11 is 0. The largest absolute Gasteiger partial charge is 0.469 e. The summed E-state index contributed by atoms with van der Waals surface area (Å²) in [5.41, 5.74) is 10.6. The third-order valence-electron chi connectivity index (χ3n) is 2.98. The molecule has 0 fully saturated rings. The smallest absolute Gasteiger partial charge is 0.305 e. The maximum absolute atomic E-state index is 11.3. The number of hydrogen-bond donors (Lipinski definition) is 1. The number of nitrogens with one attached hydrogen (secondary N) is 1. The van der Waals surface area contributed by atoms with Gasteiger partial charge in [0.1, 0.15) is 0 Å². The number of H-pyrrole nitrogens is 1. The van der Waals surface area contributed by atoms with E-state index in [2.05, 4.69) is 19.7 Å². The predicted octanol–water partition coefficient (Wildman–Crippen LogP) is 2.95. The molecule has 1 heterocycles. The van der Waals surface area contributed by atoms with Crippen molar-refractivity contribution in [1.29, 1.82) is 0 Å². The van der Waals surface area contributed by atoms with Gasteiger partial charge in [0, 0.05) is 22.0 Å². The van der Waals surface area contributed by atoms with E-state index in [-0.39, 0.29) is 12.4 Å². The van der Waals surface area contributed by atoms with E-state index in [1.807, 2.05) is 30.5 Å². The summed E-state index contributed by atoms with van der Waals surface area (Å²) < 4.78 is 4.60. The topological polar surface area (TPSA) is 90.9 Å². The minimum atomic E-state index is -0.434. The van der Waals surface area contributed by atoms with Crippen LogP contribution < -0.4 is 0 Å². The van der Waals surface area contributed by atoms with Crippen LogP contribution in [0.2, 0.25) is 0 Å².